The van der Waals surface area contributed by atoms with E-state index in [0.29, 0.717) is 5.69 Å². The standard InChI is InChI=1S/C20H23NO5S/c1-14-4-8-17(9-5-14)21-20(23)16(3)26-19(22)12-13-27(24,25)18-10-6-15(2)7-11-18/h4-11,16H,12-13H2,1-3H3,(H,21,23)/t16-/m1/s1. The normalized spacial score (nSPS) is 12.3. The highest BCUT2D eigenvalue weighted by molar-refractivity contribution is 7.91. The van der Waals surface area contributed by atoms with Gasteiger partial charge in [0.15, 0.2) is 15.9 Å². The molecule has 0 bridgehead atoms. The lowest BCUT2D eigenvalue weighted by Gasteiger charge is -2.14. The van der Waals surface area contributed by atoms with Crippen molar-refractivity contribution in [1.29, 1.82) is 0 Å². The van der Waals surface area contributed by atoms with E-state index in [0.717, 1.165) is 11.1 Å². The third-order valence-electron chi connectivity index (χ3n) is 3.95. The Balaban J connectivity index is 1.86. The SMILES string of the molecule is Cc1ccc(NC(=O)[C@@H](C)OC(=O)CCS(=O)(=O)c2ccc(C)cc2)cc1. The van der Waals surface area contributed by atoms with Gasteiger partial charge in [0, 0.05) is 5.69 Å². The van der Waals surface area contributed by atoms with E-state index in [1.165, 1.54) is 19.1 Å². The maximum absolute atomic E-state index is 12.2. The number of benzene rings is 2. The molecule has 27 heavy (non-hydrogen) atoms. The van der Waals surface area contributed by atoms with Crippen LogP contribution in [0.1, 0.15) is 24.5 Å². The number of hydrogen-bond donors (Lipinski definition) is 1. The van der Waals surface area contributed by atoms with Crippen molar-refractivity contribution in [2.24, 2.45) is 0 Å². The van der Waals surface area contributed by atoms with Gasteiger partial charge in [-0.05, 0) is 45.0 Å². The van der Waals surface area contributed by atoms with Gasteiger partial charge in [0.2, 0.25) is 0 Å². The minimum atomic E-state index is -3.58. The Bertz CT molecular complexity index is 902. The number of nitrogens with one attached hydrogen (secondary N) is 1. The van der Waals surface area contributed by atoms with E-state index in [-0.39, 0.29) is 17.1 Å². The molecule has 0 unspecified atom stereocenters. The molecule has 2 rings (SSSR count). The van der Waals surface area contributed by atoms with Crippen molar-refractivity contribution in [3.05, 3.63) is 59.7 Å². The quantitative estimate of drug-likeness (QED) is 0.735. The van der Waals surface area contributed by atoms with Crippen molar-refractivity contribution in [2.45, 2.75) is 38.2 Å². The second-order valence-corrected chi connectivity index (χ2v) is 8.48. The van der Waals surface area contributed by atoms with Crippen LogP contribution in [-0.2, 0) is 24.2 Å². The fraction of sp³-hybridized carbons (Fsp3) is 0.300. The molecule has 0 heterocycles. The Morgan fingerprint density at radius 2 is 1.48 bits per heavy atom. The lowest BCUT2D eigenvalue weighted by Crippen LogP contribution is -2.30. The molecule has 7 heteroatoms. The van der Waals surface area contributed by atoms with Crippen LogP contribution in [0.2, 0.25) is 0 Å². The van der Waals surface area contributed by atoms with Gasteiger partial charge in [0.25, 0.3) is 5.91 Å². The van der Waals surface area contributed by atoms with Gasteiger partial charge in [0.05, 0.1) is 17.1 Å². The van der Waals surface area contributed by atoms with Gasteiger partial charge in [-0.25, -0.2) is 8.42 Å². The number of sulfone groups is 1. The molecule has 0 aromatic heterocycles. The summed E-state index contributed by atoms with van der Waals surface area (Å²) >= 11 is 0. The third kappa shape index (κ3) is 6.21. The van der Waals surface area contributed by atoms with Crippen LogP contribution in [-0.4, -0.2) is 32.2 Å². The van der Waals surface area contributed by atoms with Crippen molar-refractivity contribution in [2.75, 3.05) is 11.1 Å². The lowest BCUT2D eigenvalue weighted by molar-refractivity contribution is -0.152. The first-order valence-electron chi connectivity index (χ1n) is 8.54. The predicted octanol–water partition coefficient (Wildman–Crippen LogP) is 3.04. The third-order valence-corrected chi connectivity index (χ3v) is 5.68. The molecule has 0 saturated carbocycles. The molecule has 144 valence electrons. The second-order valence-electron chi connectivity index (χ2n) is 6.37. The molecular formula is C20H23NO5S. The van der Waals surface area contributed by atoms with E-state index in [1.807, 2.05) is 26.0 Å². The molecule has 0 radical (unpaired) electrons. The molecule has 0 saturated heterocycles. The van der Waals surface area contributed by atoms with Gasteiger partial charge in [0.1, 0.15) is 0 Å². The number of esters is 1. The van der Waals surface area contributed by atoms with E-state index < -0.39 is 27.8 Å². The molecule has 1 atom stereocenters. The zero-order valence-corrected chi connectivity index (χ0v) is 16.4. The number of rotatable bonds is 7. The number of carbonyl (C=O) groups excluding carboxylic acids is 2. The van der Waals surface area contributed by atoms with Gasteiger partial charge in [-0.15, -0.1) is 0 Å². The molecule has 0 aliphatic rings. The Labute approximate surface area is 159 Å². The summed E-state index contributed by atoms with van der Waals surface area (Å²) in [4.78, 5) is 24.2. The number of carbonyl (C=O) groups is 2. The maximum Gasteiger partial charge on any atom is 0.307 e. The van der Waals surface area contributed by atoms with E-state index in [9.17, 15) is 18.0 Å². The monoisotopic (exact) mass is 389 g/mol. The average molecular weight is 389 g/mol. The van der Waals surface area contributed by atoms with Crippen LogP contribution in [0.5, 0.6) is 0 Å². The van der Waals surface area contributed by atoms with Crippen LogP contribution in [0, 0.1) is 13.8 Å². The topological polar surface area (TPSA) is 89.5 Å². The van der Waals surface area contributed by atoms with Crippen molar-refractivity contribution in [1.82, 2.24) is 0 Å². The fourth-order valence-electron chi connectivity index (χ4n) is 2.27. The number of amides is 1. The maximum atomic E-state index is 12.2. The van der Waals surface area contributed by atoms with Crippen LogP contribution in [0.15, 0.2) is 53.4 Å². The summed E-state index contributed by atoms with van der Waals surface area (Å²) in [7, 11) is -3.58. The minimum absolute atomic E-state index is 0.158. The van der Waals surface area contributed by atoms with Crippen LogP contribution in [0.4, 0.5) is 5.69 Å². The van der Waals surface area contributed by atoms with Crippen molar-refractivity contribution < 1.29 is 22.7 Å². The highest BCUT2D eigenvalue weighted by Gasteiger charge is 2.21. The molecule has 0 fully saturated rings. The van der Waals surface area contributed by atoms with Gasteiger partial charge < -0.3 is 10.1 Å². The highest BCUT2D eigenvalue weighted by atomic mass is 32.2. The van der Waals surface area contributed by atoms with Gasteiger partial charge >= 0.3 is 5.97 Å². The zero-order valence-electron chi connectivity index (χ0n) is 15.6. The van der Waals surface area contributed by atoms with Gasteiger partial charge in [-0.3, -0.25) is 9.59 Å². The fourth-order valence-corrected chi connectivity index (χ4v) is 3.49. The molecule has 0 aliphatic heterocycles. The van der Waals surface area contributed by atoms with Crippen LogP contribution in [0.25, 0.3) is 0 Å². The summed E-state index contributed by atoms with van der Waals surface area (Å²) < 4.78 is 29.5. The number of hydrogen-bond acceptors (Lipinski definition) is 5. The summed E-state index contributed by atoms with van der Waals surface area (Å²) in [5, 5.41) is 2.64. The lowest BCUT2D eigenvalue weighted by atomic mass is 10.2. The summed E-state index contributed by atoms with van der Waals surface area (Å²) in [5.41, 5.74) is 2.60. The summed E-state index contributed by atoms with van der Waals surface area (Å²) in [6.45, 7) is 5.23. The van der Waals surface area contributed by atoms with E-state index in [4.69, 9.17) is 4.74 Å². The molecule has 1 amide bonds. The molecule has 1 N–H and O–H groups in total. The van der Waals surface area contributed by atoms with Crippen LogP contribution in [0.3, 0.4) is 0 Å². The Morgan fingerprint density at radius 3 is 2.04 bits per heavy atom. The first-order valence-corrected chi connectivity index (χ1v) is 10.2. The molecular weight excluding hydrogens is 366 g/mol. The molecule has 6 nitrogen and oxygen atoms in total. The summed E-state index contributed by atoms with van der Waals surface area (Å²) in [5.74, 6) is -1.59. The molecule has 2 aromatic carbocycles. The second kappa shape index (κ2) is 8.81. The zero-order chi connectivity index (χ0) is 20.0. The van der Waals surface area contributed by atoms with Crippen molar-refractivity contribution in [3.8, 4) is 0 Å². The molecule has 2 aromatic rings. The van der Waals surface area contributed by atoms with Crippen molar-refractivity contribution >= 4 is 27.4 Å². The number of anilines is 1. The van der Waals surface area contributed by atoms with Gasteiger partial charge in [-0.1, -0.05) is 35.4 Å². The Kier molecular flexibility index (Phi) is 6.74. The Hall–Kier alpha value is -2.67. The average Bonchev–Trinajstić information content (AvgIpc) is 2.62. The van der Waals surface area contributed by atoms with Crippen LogP contribution < -0.4 is 5.32 Å². The Morgan fingerprint density at radius 1 is 0.963 bits per heavy atom. The predicted molar refractivity (Wildman–Crippen MR) is 103 cm³/mol. The molecule has 0 aliphatic carbocycles. The smallest absolute Gasteiger partial charge is 0.307 e. The highest BCUT2D eigenvalue weighted by Crippen LogP contribution is 2.14. The summed E-state index contributed by atoms with van der Waals surface area (Å²) in [6, 6.07) is 13.6. The van der Waals surface area contributed by atoms with Crippen LogP contribution >= 0.6 is 0 Å². The van der Waals surface area contributed by atoms with E-state index in [1.54, 1.807) is 24.3 Å². The van der Waals surface area contributed by atoms with E-state index in [2.05, 4.69) is 5.32 Å². The number of ether oxygens (including phenoxy) is 1. The molecule has 0 spiro atoms. The summed E-state index contributed by atoms with van der Waals surface area (Å²) in [6.07, 6.45) is -1.35. The van der Waals surface area contributed by atoms with E-state index >= 15 is 0 Å². The minimum Gasteiger partial charge on any atom is -0.453 e. The number of aryl methyl sites for hydroxylation is 2. The first kappa shape index (κ1) is 20.6. The first-order chi connectivity index (χ1) is 12.7. The largest absolute Gasteiger partial charge is 0.453 e. The van der Waals surface area contributed by atoms with Gasteiger partial charge in [-0.2, -0.15) is 0 Å². The van der Waals surface area contributed by atoms with Crippen molar-refractivity contribution in [3.63, 3.8) is 0 Å².